The van der Waals surface area contributed by atoms with Crippen LogP contribution in [0.25, 0.3) is 0 Å². The normalized spacial score (nSPS) is 15.0. The van der Waals surface area contributed by atoms with Gasteiger partial charge in [0.05, 0.1) is 12.0 Å². The maximum atomic E-state index is 12.9. The number of carboxylic acid groups (broad SMARTS) is 1. The van der Waals surface area contributed by atoms with Crippen molar-refractivity contribution in [3.05, 3.63) is 0 Å². The van der Waals surface area contributed by atoms with Crippen LogP contribution in [0.15, 0.2) is 0 Å². The number of carbonyl (C=O) groups excluding carboxylic acids is 3. The van der Waals surface area contributed by atoms with E-state index in [1.807, 2.05) is 5.32 Å². The quantitative estimate of drug-likeness (QED) is 0.581. The lowest BCUT2D eigenvalue weighted by Crippen LogP contribution is -2.45. The van der Waals surface area contributed by atoms with E-state index >= 15 is 0 Å². The summed E-state index contributed by atoms with van der Waals surface area (Å²) in [4.78, 5) is 44.6. The minimum absolute atomic E-state index is 0.562. The second-order valence-corrected chi connectivity index (χ2v) is 4.60. The van der Waals surface area contributed by atoms with E-state index < -0.39 is 54.4 Å². The third-order valence-corrected chi connectivity index (χ3v) is 2.67. The molecule has 0 radical (unpaired) electrons. The first-order chi connectivity index (χ1) is 9.56. The Kier molecular flexibility index (Phi) is 7.46. The smallest absolute Gasteiger partial charge is 0.325 e. The molecule has 21 heavy (non-hydrogen) atoms. The topological polar surface area (TPSA) is 113 Å². The van der Waals surface area contributed by atoms with E-state index in [0.29, 0.717) is 0 Å². The first-order valence-electron chi connectivity index (χ1n) is 6.17. The van der Waals surface area contributed by atoms with Gasteiger partial charge >= 0.3 is 5.97 Å². The number of halogens is 2. The van der Waals surface area contributed by atoms with Gasteiger partial charge in [-0.25, -0.2) is 8.78 Å². The number of amides is 2. The van der Waals surface area contributed by atoms with Crippen LogP contribution in [-0.2, 0) is 19.2 Å². The molecule has 0 aromatic carbocycles. The van der Waals surface area contributed by atoms with Crippen LogP contribution in [0.2, 0.25) is 0 Å². The maximum Gasteiger partial charge on any atom is 0.325 e. The van der Waals surface area contributed by atoms with Crippen LogP contribution in [-0.4, -0.2) is 47.2 Å². The number of hydrogen-bond donors (Lipinski definition) is 3. The summed E-state index contributed by atoms with van der Waals surface area (Å²) in [5.41, 5.74) is 0. The molecule has 0 spiro atoms. The van der Waals surface area contributed by atoms with Crippen LogP contribution in [0, 0.1) is 5.92 Å². The summed E-state index contributed by atoms with van der Waals surface area (Å²) >= 11 is 0. The minimum Gasteiger partial charge on any atom is -0.480 e. The van der Waals surface area contributed by atoms with Crippen LogP contribution in [0.3, 0.4) is 0 Å². The molecule has 7 nitrogen and oxygen atoms in total. The first-order valence-corrected chi connectivity index (χ1v) is 6.17. The number of hydrogen-bond acceptors (Lipinski definition) is 4. The highest BCUT2D eigenvalue weighted by molar-refractivity contribution is 5.93. The van der Waals surface area contributed by atoms with Crippen molar-refractivity contribution in [3.63, 3.8) is 0 Å². The lowest BCUT2D eigenvalue weighted by Gasteiger charge is -2.20. The number of alkyl halides is 2. The highest BCUT2D eigenvalue weighted by Gasteiger charge is 2.34. The summed E-state index contributed by atoms with van der Waals surface area (Å²) in [6.07, 6.45) is -3.95. The fourth-order valence-corrected chi connectivity index (χ4v) is 1.57. The van der Waals surface area contributed by atoms with Gasteiger partial charge in [0.2, 0.25) is 18.2 Å². The Hall–Kier alpha value is -2.06. The Morgan fingerprint density at radius 1 is 1.05 bits per heavy atom. The number of carbonyl (C=O) groups is 4. The van der Waals surface area contributed by atoms with Crippen LogP contribution in [0.1, 0.15) is 27.2 Å². The van der Waals surface area contributed by atoms with Gasteiger partial charge in [0.1, 0.15) is 6.04 Å². The zero-order valence-electron chi connectivity index (χ0n) is 11.9. The van der Waals surface area contributed by atoms with Crippen LogP contribution in [0.5, 0.6) is 0 Å². The van der Waals surface area contributed by atoms with E-state index in [4.69, 9.17) is 5.11 Å². The molecule has 0 aromatic heterocycles. The standard InChI is InChI=1S/C12H18F2N2O5/c1-5(15-7(3)17)10(19)8(11(13)14)4-9(18)16-6(2)12(20)21/h5-6,8,11H,4H2,1-3H3,(H,15,17)(H,16,18)(H,20,21)/t5?,6-,8?/m0/s1. The van der Waals surface area contributed by atoms with E-state index in [2.05, 4.69) is 5.32 Å². The molecular formula is C12H18F2N2O5. The van der Waals surface area contributed by atoms with E-state index in [9.17, 15) is 28.0 Å². The summed E-state index contributed by atoms with van der Waals surface area (Å²) in [5, 5.41) is 12.7. The largest absolute Gasteiger partial charge is 0.480 e. The van der Waals surface area contributed by atoms with Gasteiger partial charge in [-0.3, -0.25) is 19.2 Å². The molecule has 0 aromatic rings. The maximum absolute atomic E-state index is 12.9. The predicted molar refractivity (Wildman–Crippen MR) is 67.6 cm³/mol. The van der Waals surface area contributed by atoms with Gasteiger partial charge in [-0.2, -0.15) is 0 Å². The van der Waals surface area contributed by atoms with Gasteiger partial charge < -0.3 is 15.7 Å². The third kappa shape index (κ3) is 6.77. The van der Waals surface area contributed by atoms with Crippen LogP contribution < -0.4 is 10.6 Å². The van der Waals surface area contributed by atoms with Crippen molar-refractivity contribution in [2.24, 2.45) is 5.92 Å². The second-order valence-electron chi connectivity index (χ2n) is 4.60. The predicted octanol–water partition coefficient (Wildman–Crippen LogP) is -0.0592. The molecule has 0 aliphatic carbocycles. The third-order valence-electron chi connectivity index (χ3n) is 2.67. The van der Waals surface area contributed by atoms with Gasteiger partial charge in [0.25, 0.3) is 0 Å². The van der Waals surface area contributed by atoms with Crippen molar-refractivity contribution in [1.82, 2.24) is 10.6 Å². The van der Waals surface area contributed by atoms with Crippen molar-refractivity contribution in [3.8, 4) is 0 Å². The van der Waals surface area contributed by atoms with Gasteiger partial charge in [-0.05, 0) is 13.8 Å². The number of Topliss-reactive ketones (excluding diaryl/α,β-unsaturated/α-hetero) is 1. The van der Waals surface area contributed by atoms with E-state index in [1.54, 1.807) is 0 Å². The lowest BCUT2D eigenvalue weighted by atomic mass is 9.95. The summed E-state index contributed by atoms with van der Waals surface area (Å²) in [6.45, 7) is 3.53. The van der Waals surface area contributed by atoms with Gasteiger partial charge in [-0.15, -0.1) is 0 Å². The van der Waals surface area contributed by atoms with Crippen LogP contribution in [0.4, 0.5) is 8.78 Å². The molecule has 0 heterocycles. The fourth-order valence-electron chi connectivity index (χ4n) is 1.57. The van der Waals surface area contributed by atoms with Crippen molar-refractivity contribution in [2.75, 3.05) is 0 Å². The molecule has 0 saturated heterocycles. The zero-order valence-corrected chi connectivity index (χ0v) is 11.9. The molecule has 120 valence electrons. The molecular weight excluding hydrogens is 290 g/mol. The average Bonchev–Trinajstić information content (AvgIpc) is 2.33. The molecule has 3 N–H and O–H groups in total. The monoisotopic (exact) mass is 308 g/mol. The van der Waals surface area contributed by atoms with Gasteiger partial charge in [0, 0.05) is 13.3 Å². The van der Waals surface area contributed by atoms with E-state index in [-0.39, 0.29) is 0 Å². The molecule has 9 heteroatoms. The highest BCUT2D eigenvalue weighted by Crippen LogP contribution is 2.17. The SMILES string of the molecule is CC(=O)NC(C)C(=O)C(CC(=O)N[C@@H](C)C(=O)O)C(F)F. The molecule has 0 bridgehead atoms. The van der Waals surface area contributed by atoms with Crippen LogP contribution >= 0.6 is 0 Å². The Morgan fingerprint density at radius 3 is 1.95 bits per heavy atom. The molecule has 3 atom stereocenters. The molecule has 0 saturated carbocycles. The molecule has 0 fully saturated rings. The van der Waals surface area contributed by atoms with Gasteiger partial charge in [-0.1, -0.05) is 0 Å². The van der Waals surface area contributed by atoms with Gasteiger partial charge in [0.15, 0.2) is 5.78 Å². The Morgan fingerprint density at radius 2 is 1.57 bits per heavy atom. The highest BCUT2D eigenvalue weighted by atomic mass is 19.3. The molecule has 0 aliphatic rings. The molecule has 2 amide bonds. The number of aliphatic carboxylic acids is 1. The summed E-state index contributed by atoms with van der Waals surface area (Å²) in [7, 11) is 0. The average molecular weight is 308 g/mol. The molecule has 0 rings (SSSR count). The number of ketones is 1. The lowest BCUT2D eigenvalue weighted by molar-refractivity contribution is -0.142. The van der Waals surface area contributed by atoms with E-state index in [0.717, 1.165) is 6.92 Å². The van der Waals surface area contributed by atoms with Crippen molar-refractivity contribution < 1.29 is 33.1 Å². The summed E-state index contributed by atoms with van der Waals surface area (Å²) in [6, 6.07) is -2.41. The first kappa shape index (κ1) is 18.9. The number of rotatable bonds is 8. The van der Waals surface area contributed by atoms with Crippen molar-refractivity contribution >= 4 is 23.6 Å². The van der Waals surface area contributed by atoms with Crippen molar-refractivity contribution in [2.45, 2.75) is 45.7 Å². The Balaban J connectivity index is 4.76. The second kappa shape index (κ2) is 8.28. The Labute approximate surface area is 120 Å². The number of carboxylic acids is 1. The summed E-state index contributed by atoms with van der Waals surface area (Å²) < 4.78 is 25.7. The van der Waals surface area contributed by atoms with E-state index in [1.165, 1.54) is 13.8 Å². The molecule has 0 aliphatic heterocycles. The molecule has 2 unspecified atom stereocenters. The zero-order chi connectivity index (χ0) is 16.7. The fraction of sp³-hybridized carbons (Fsp3) is 0.667. The van der Waals surface area contributed by atoms with Crippen molar-refractivity contribution in [1.29, 1.82) is 0 Å². The summed E-state index contributed by atoms with van der Waals surface area (Å²) in [5.74, 6) is -5.76. The Bertz CT molecular complexity index is 428. The number of nitrogens with one attached hydrogen (secondary N) is 2. The minimum atomic E-state index is -3.10.